The Bertz CT molecular complexity index is 710. The number of ether oxygens (including phenoxy) is 2. The molecule has 3 nitrogen and oxygen atoms in total. The summed E-state index contributed by atoms with van der Waals surface area (Å²) < 4.78 is 12.4. The molecule has 0 N–H and O–H groups in total. The molecule has 0 saturated heterocycles. The third kappa shape index (κ3) is 4.53. The first-order valence-corrected chi connectivity index (χ1v) is 9.32. The molecule has 1 aromatic heterocycles. The van der Waals surface area contributed by atoms with E-state index in [1.165, 1.54) is 5.56 Å². The maximum absolute atomic E-state index is 6.25. The molecule has 0 bridgehead atoms. The zero-order chi connectivity index (χ0) is 18.6. The van der Waals surface area contributed by atoms with Gasteiger partial charge in [0, 0.05) is 11.8 Å². The maximum Gasteiger partial charge on any atom is 0.226 e. The third-order valence-corrected chi connectivity index (χ3v) is 4.64. The van der Waals surface area contributed by atoms with Crippen LogP contribution in [0.1, 0.15) is 61.6 Å². The van der Waals surface area contributed by atoms with Gasteiger partial charge >= 0.3 is 0 Å². The molecule has 25 heavy (non-hydrogen) atoms. The highest BCUT2D eigenvalue weighted by Crippen LogP contribution is 2.34. The van der Waals surface area contributed by atoms with Crippen molar-refractivity contribution in [2.45, 2.75) is 73.8 Å². The zero-order valence-corrected chi connectivity index (χ0v) is 16.7. The zero-order valence-electron chi connectivity index (χ0n) is 16.7. The Morgan fingerprint density at radius 2 is 1.52 bits per heavy atom. The summed E-state index contributed by atoms with van der Waals surface area (Å²) in [6, 6.07) is 6.38. The summed E-state index contributed by atoms with van der Waals surface area (Å²) in [6.45, 7) is 14.6. The van der Waals surface area contributed by atoms with E-state index < -0.39 is 0 Å². The molecule has 2 aromatic rings. The first kappa shape index (κ1) is 19.3. The fourth-order valence-corrected chi connectivity index (χ4v) is 3.04. The average Bonchev–Trinajstić information content (AvgIpc) is 2.58. The Hall–Kier alpha value is -2.03. The van der Waals surface area contributed by atoms with E-state index in [9.17, 15) is 0 Å². The Kier molecular flexibility index (Phi) is 6.46. The van der Waals surface area contributed by atoms with E-state index in [0.29, 0.717) is 5.88 Å². The van der Waals surface area contributed by atoms with Gasteiger partial charge in [-0.2, -0.15) is 0 Å². The van der Waals surface area contributed by atoms with E-state index >= 15 is 0 Å². The lowest BCUT2D eigenvalue weighted by Gasteiger charge is -2.20. The van der Waals surface area contributed by atoms with Gasteiger partial charge in [0.25, 0.3) is 0 Å². The summed E-state index contributed by atoms with van der Waals surface area (Å²) in [4.78, 5) is 4.61. The number of hydrogen-bond donors (Lipinski definition) is 0. The number of hydrogen-bond acceptors (Lipinski definition) is 3. The van der Waals surface area contributed by atoms with Crippen molar-refractivity contribution in [3.05, 3.63) is 46.1 Å². The van der Waals surface area contributed by atoms with Crippen molar-refractivity contribution in [2.75, 3.05) is 0 Å². The van der Waals surface area contributed by atoms with Crippen molar-refractivity contribution in [1.29, 1.82) is 0 Å². The van der Waals surface area contributed by atoms with Crippen molar-refractivity contribution in [1.82, 2.24) is 4.98 Å². The topological polar surface area (TPSA) is 31.4 Å². The Balaban J connectivity index is 2.39. The van der Waals surface area contributed by atoms with Crippen LogP contribution in [0.15, 0.2) is 18.2 Å². The van der Waals surface area contributed by atoms with E-state index in [1.54, 1.807) is 0 Å². The van der Waals surface area contributed by atoms with E-state index in [2.05, 4.69) is 51.7 Å². The molecule has 0 fully saturated rings. The second-order valence-electron chi connectivity index (χ2n) is 6.76. The molecule has 0 atom stereocenters. The maximum atomic E-state index is 6.25. The van der Waals surface area contributed by atoms with Crippen molar-refractivity contribution < 1.29 is 9.47 Å². The second kappa shape index (κ2) is 8.37. The fourth-order valence-electron chi connectivity index (χ4n) is 3.04. The molecule has 0 saturated carbocycles. The van der Waals surface area contributed by atoms with Crippen LogP contribution in [0.25, 0.3) is 0 Å². The van der Waals surface area contributed by atoms with E-state index in [0.717, 1.165) is 53.1 Å². The van der Waals surface area contributed by atoms with Gasteiger partial charge < -0.3 is 9.47 Å². The van der Waals surface area contributed by atoms with Crippen LogP contribution in [0.5, 0.6) is 17.4 Å². The van der Waals surface area contributed by atoms with E-state index in [-0.39, 0.29) is 6.10 Å². The van der Waals surface area contributed by atoms with Gasteiger partial charge in [-0.25, -0.2) is 4.98 Å². The Morgan fingerprint density at radius 1 is 0.920 bits per heavy atom. The molecule has 3 heteroatoms. The molecule has 1 heterocycles. The van der Waals surface area contributed by atoms with Crippen molar-refractivity contribution >= 4 is 0 Å². The monoisotopic (exact) mass is 341 g/mol. The fraction of sp³-hybridized carbons (Fsp3) is 0.500. The average molecular weight is 341 g/mol. The van der Waals surface area contributed by atoms with Crippen LogP contribution >= 0.6 is 0 Å². The quantitative estimate of drug-likeness (QED) is 0.597. The van der Waals surface area contributed by atoms with Gasteiger partial charge in [-0.05, 0) is 63.6 Å². The van der Waals surface area contributed by atoms with Gasteiger partial charge in [0.2, 0.25) is 5.88 Å². The van der Waals surface area contributed by atoms with E-state index in [1.807, 2.05) is 19.9 Å². The number of aromatic nitrogens is 1. The van der Waals surface area contributed by atoms with Crippen LogP contribution in [0.2, 0.25) is 0 Å². The first-order valence-electron chi connectivity index (χ1n) is 9.32. The van der Waals surface area contributed by atoms with Crippen LogP contribution in [0.4, 0.5) is 0 Å². The summed E-state index contributed by atoms with van der Waals surface area (Å²) in [5, 5.41) is 0. The smallest absolute Gasteiger partial charge is 0.226 e. The minimum atomic E-state index is 0.223. The van der Waals surface area contributed by atoms with Crippen molar-refractivity contribution in [3.8, 4) is 17.4 Å². The van der Waals surface area contributed by atoms with Gasteiger partial charge in [-0.15, -0.1) is 0 Å². The minimum absolute atomic E-state index is 0.223. The first-order chi connectivity index (χ1) is 11.9. The number of pyridine rings is 1. The molecular formula is C22H31NO2. The van der Waals surface area contributed by atoms with Gasteiger partial charge in [0.1, 0.15) is 11.5 Å². The summed E-state index contributed by atoms with van der Waals surface area (Å²) >= 11 is 0. The Morgan fingerprint density at radius 3 is 2.04 bits per heavy atom. The van der Waals surface area contributed by atoms with Gasteiger partial charge in [0.15, 0.2) is 0 Å². The lowest BCUT2D eigenvalue weighted by atomic mass is 10.0. The molecule has 0 aliphatic heterocycles. The number of rotatable bonds is 7. The third-order valence-electron chi connectivity index (χ3n) is 4.64. The predicted octanol–water partition coefficient (Wildman–Crippen LogP) is 6.24. The van der Waals surface area contributed by atoms with Gasteiger partial charge in [-0.3, -0.25) is 0 Å². The van der Waals surface area contributed by atoms with Gasteiger partial charge in [0.05, 0.1) is 11.7 Å². The SMILES string of the molecule is CCc1cc(C)c(Oc2nc(C)cc(OC(CC)CC)c2C)c(C)c1. The highest BCUT2D eigenvalue weighted by atomic mass is 16.5. The molecular weight excluding hydrogens is 310 g/mol. The minimum Gasteiger partial charge on any atom is -0.490 e. The van der Waals surface area contributed by atoms with Crippen LogP contribution < -0.4 is 9.47 Å². The molecule has 1 aromatic carbocycles. The lowest BCUT2D eigenvalue weighted by molar-refractivity contribution is 0.190. The van der Waals surface area contributed by atoms with Crippen molar-refractivity contribution in [2.24, 2.45) is 0 Å². The highest BCUT2D eigenvalue weighted by molar-refractivity contribution is 5.48. The molecule has 136 valence electrons. The largest absolute Gasteiger partial charge is 0.490 e. The van der Waals surface area contributed by atoms with Crippen LogP contribution in [0.3, 0.4) is 0 Å². The van der Waals surface area contributed by atoms with Crippen LogP contribution in [-0.4, -0.2) is 11.1 Å². The normalized spacial score (nSPS) is 11.0. The summed E-state index contributed by atoms with van der Waals surface area (Å²) in [6.07, 6.45) is 3.23. The van der Waals surface area contributed by atoms with Crippen molar-refractivity contribution in [3.63, 3.8) is 0 Å². The summed E-state index contributed by atoms with van der Waals surface area (Å²) in [5.74, 6) is 2.40. The van der Waals surface area contributed by atoms with E-state index in [4.69, 9.17) is 9.47 Å². The molecule has 2 rings (SSSR count). The molecule has 0 radical (unpaired) electrons. The predicted molar refractivity (Wildman–Crippen MR) is 104 cm³/mol. The molecule has 0 aliphatic rings. The number of benzene rings is 1. The Labute approximate surface area is 152 Å². The van der Waals surface area contributed by atoms with Gasteiger partial charge in [-0.1, -0.05) is 32.9 Å². The number of aryl methyl sites for hydroxylation is 4. The summed E-state index contributed by atoms with van der Waals surface area (Å²) in [7, 11) is 0. The lowest BCUT2D eigenvalue weighted by Crippen LogP contribution is -2.15. The molecule has 0 unspecified atom stereocenters. The number of nitrogens with zero attached hydrogens (tertiary/aromatic N) is 1. The molecule has 0 spiro atoms. The standard InChI is InChI=1S/C22H31NO2/c1-8-18-11-14(4)21(15(5)12-18)25-22-17(7)20(13-16(6)23-22)24-19(9-2)10-3/h11-13,19H,8-10H2,1-7H3. The summed E-state index contributed by atoms with van der Waals surface area (Å²) in [5.41, 5.74) is 5.47. The van der Waals surface area contributed by atoms with Crippen LogP contribution in [0, 0.1) is 27.7 Å². The molecule has 0 aliphatic carbocycles. The second-order valence-corrected chi connectivity index (χ2v) is 6.76. The molecule has 0 amide bonds. The highest BCUT2D eigenvalue weighted by Gasteiger charge is 2.16. The van der Waals surface area contributed by atoms with Crippen LogP contribution in [-0.2, 0) is 6.42 Å².